The van der Waals surface area contributed by atoms with Gasteiger partial charge in [0.15, 0.2) is 0 Å². The average Bonchev–Trinajstić information content (AvgIpc) is 3.18. The molecule has 1 fully saturated rings. The molecule has 20 heavy (non-hydrogen) atoms. The molecule has 1 aliphatic carbocycles. The zero-order valence-corrected chi connectivity index (χ0v) is 11.4. The Kier molecular flexibility index (Phi) is 2.82. The van der Waals surface area contributed by atoms with Crippen molar-refractivity contribution in [2.45, 2.75) is 24.2 Å². The molecule has 7 heteroatoms. The van der Waals surface area contributed by atoms with Gasteiger partial charge in [-0.2, -0.15) is 0 Å². The lowest BCUT2D eigenvalue weighted by Crippen LogP contribution is -2.31. The van der Waals surface area contributed by atoms with Crippen molar-refractivity contribution in [1.29, 1.82) is 0 Å². The van der Waals surface area contributed by atoms with Gasteiger partial charge in [-0.3, -0.25) is 4.79 Å². The van der Waals surface area contributed by atoms with Crippen LogP contribution in [0.15, 0.2) is 23.1 Å². The van der Waals surface area contributed by atoms with Gasteiger partial charge in [-0.25, -0.2) is 17.5 Å². The number of amides is 1. The minimum Gasteiger partial charge on any atom is -0.478 e. The van der Waals surface area contributed by atoms with Crippen molar-refractivity contribution in [1.82, 2.24) is 4.31 Å². The van der Waals surface area contributed by atoms with Crippen molar-refractivity contribution in [3.05, 3.63) is 29.3 Å². The third kappa shape index (κ3) is 1.98. The molecule has 0 radical (unpaired) electrons. The third-order valence-corrected chi connectivity index (χ3v) is 5.51. The molecule has 0 bridgehead atoms. The van der Waals surface area contributed by atoms with E-state index in [2.05, 4.69) is 0 Å². The van der Waals surface area contributed by atoms with Gasteiger partial charge >= 0.3 is 5.97 Å². The fourth-order valence-corrected chi connectivity index (χ4v) is 3.94. The number of carbonyl (C=O) groups is 2. The summed E-state index contributed by atoms with van der Waals surface area (Å²) < 4.78 is 25.5. The molecule has 1 saturated carbocycles. The number of carboxylic acid groups (broad SMARTS) is 1. The van der Waals surface area contributed by atoms with Gasteiger partial charge in [0.1, 0.15) is 4.90 Å². The lowest BCUT2D eigenvalue weighted by Gasteiger charge is -2.14. The van der Waals surface area contributed by atoms with E-state index in [9.17, 15) is 18.0 Å². The zero-order chi connectivity index (χ0) is 14.5. The van der Waals surface area contributed by atoms with Gasteiger partial charge in [-0.1, -0.05) is 12.8 Å². The molecule has 1 aromatic carbocycles. The summed E-state index contributed by atoms with van der Waals surface area (Å²) in [6, 6.07) is 3.58. The Bertz CT molecular complexity index is 705. The molecule has 1 aromatic rings. The molecule has 0 saturated heterocycles. The molecule has 0 spiro atoms. The molecular weight excluding hydrogens is 282 g/mol. The Morgan fingerprint density at radius 1 is 1.35 bits per heavy atom. The van der Waals surface area contributed by atoms with Crippen LogP contribution in [0, 0.1) is 5.92 Å². The standard InChI is InChI=1S/C13H13NO5S/c15-12-10-4-3-9(13(16)17)7-11(10)20(18,19)14(12)6-5-8-1-2-8/h3-4,7-8H,1-2,5-6H2,(H,16,17). The van der Waals surface area contributed by atoms with E-state index >= 15 is 0 Å². The highest BCUT2D eigenvalue weighted by molar-refractivity contribution is 7.90. The first kappa shape index (κ1) is 13.1. The van der Waals surface area contributed by atoms with Crippen molar-refractivity contribution in [3.8, 4) is 0 Å². The van der Waals surface area contributed by atoms with E-state index in [1.807, 2.05) is 0 Å². The predicted octanol–water partition coefficient (Wildman–Crippen LogP) is 1.33. The quantitative estimate of drug-likeness (QED) is 0.904. The molecule has 0 unspecified atom stereocenters. The summed E-state index contributed by atoms with van der Waals surface area (Å²) in [5, 5.41) is 8.91. The summed E-state index contributed by atoms with van der Waals surface area (Å²) in [4.78, 5) is 22.8. The van der Waals surface area contributed by atoms with Crippen molar-refractivity contribution < 1.29 is 23.1 Å². The highest BCUT2D eigenvalue weighted by Gasteiger charge is 2.41. The topological polar surface area (TPSA) is 91.8 Å². The second-order valence-electron chi connectivity index (χ2n) is 5.13. The van der Waals surface area contributed by atoms with Crippen LogP contribution in [0.4, 0.5) is 0 Å². The molecule has 2 aliphatic rings. The normalized spacial score (nSPS) is 20.0. The molecule has 1 heterocycles. The van der Waals surface area contributed by atoms with Crippen LogP contribution < -0.4 is 0 Å². The molecular formula is C13H13NO5S. The zero-order valence-electron chi connectivity index (χ0n) is 10.6. The summed E-state index contributed by atoms with van der Waals surface area (Å²) in [6.45, 7) is 0.170. The highest BCUT2D eigenvalue weighted by atomic mass is 32.2. The van der Waals surface area contributed by atoms with E-state index in [0.29, 0.717) is 12.3 Å². The minimum absolute atomic E-state index is 0.0609. The Labute approximate surface area is 116 Å². The van der Waals surface area contributed by atoms with Gasteiger partial charge in [-0.15, -0.1) is 0 Å². The van der Waals surface area contributed by atoms with E-state index in [0.717, 1.165) is 23.2 Å². The van der Waals surface area contributed by atoms with Gasteiger partial charge in [0.2, 0.25) is 0 Å². The number of nitrogens with zero attached hydrogens (tertiary/aromatic N) is 1. The first-order valence-corrected chi connectivity index (χ1v) is 7.79. The first-order valence-electron chi connectivity index (χ1n) is 6.35. The Morgan fingerprint density at radius 3 is 2.65 bits per heavy atom. The third-order valence-electron chi connectivity index (χ3n) is 3.69. The molecule has 3 rings (SSSR count). The number of hydrogen-bond acceptors (Lipinski definition) is 4. The average molecular weight is 295 g/mol. The van der Waals surface area contributed by atoms with Gasteiger partial charge in [0, 0.05) is 6.54 Å². The van der Waals surface area contributed by atoms with Gasteiger partial charge in [0.05, 0.1) is 11.1 Å². The molecule has 0 atom stereocenters. The van der Waals surface area contributed by atoms with Crippen molar-refractivity contribution in [2.24, 2.45) is 5.92 Å². The van der Waals surface area contributed by atoms with Crippen molar-refractivity contribution in [2.75, 3.05) is 6.54 Å². The monoisotopic (exact) mass is 295 g/mol. The van der Waals surface area contributed by atoms with Crippen LogP contribution in [0.3, 0.4) is 0 Å². The molecule has 106 valence electrons. The number of carbonyl (C=O) groups excluding carboxylic acids is 1. The van der Waals surface area contributed by atoms with E-state index in [1.165, 1.54) is 12.1 Å². The van der Waals surface area contributed by atoms with Crippen LogP contribution in [-0.4, -0.2) is 36.3 Å². The van der Waals surface area contributed by atoms with Crippen molar-refractivity contribution in [3.63, 3.8) is 0 Å². The van der Waals surface area contributed by atoms with E-state index in [4.69, 9.17) is 5.11 Å². The number of rotatable bonds is 4. The lowest BCUT2D eigenvalue weighted by molar-refractivity contribution is 0.0695. The number of benzene rings is 1. The van der Waals surface area contributed by atoms with Crippen LogP contribution in [-0.2, 0) is 10.0 Å². The maximum Gasteiger partial charge on any atom is 0.335 e. The maximum absolute atomic E-state index is 12.3. The smallest absolute Gasteiger partial charge is 0.335 e. The second-order valence-corrected chi connectivity index (χ2v) is 6.96. The largest absolute Gasteiger partial charge is 0.478 e. The van der Waals surface area contributed by atoms with Crippen LogP contribution >= 0.6 is 0 Å². The molecule has 0 aromatic heterocycles. The van der Waals surface area contributed by atoms with Crippen LogP contribution in [0.5, 0.6) is 0 Å². The maximum atomic E-state index is 12.3. The Balaban J connectivity index is 1.98. The summed E-state index contributed by atoms with van der Waals surface area (Å²) in [7, 11) is -3.90. The lowest BCUT2D eigenvalue weighted by atomic mass is 10.1. The fourth-order valence-electron chi connectivity index (χ4n) is 2.34. The minimum atomic E-state index is -3.90. The van der Waals surface area contributed by atoms with Crippen LogP contribution in [0.25, 0.3) is 0 Å². The summed E-state index contributed by atoms with van der Waals surface area (Å²) >= 11 is 0. The molecule has 1 aliphatic heterocycles. The van der Waals surface area contributed by atoms with Gasteiger partial charge < -0.3 is 5.11 Å². The fraction of sp³-hybridized carbons (Fsp3) is 0.385. The number of hydrogen-bond donors (Lipinski definition) is 1. The predicted molar refractivity (Wildman–Crippen MR) is 69.0 cm³/mol. The number of sulfonamides is 1. The number of aromatic carboxylic acids is 1. The molecule has 6 nitrogen and oxygen atoms in total. The molecule has 1 amide bonds. The van der Waals surface area contributed by atoms with Gasteiger partial charge in [-0.05, 0) is 30.5 Å². The summed E-state index contributed by atoms with van der Waals surface area (Å²) in [6.07, 6.45) is 2.83. The number of fused-ring (bicyclic) bond motifs is 1. The van der Waals surface area contributed by atoms with E-state index < -0.39 is 21.9 Å². The van der Waals surface area contributed by atoms with E-state index in [1.54, 1.807) is 0 Å². The number of carboxylic acids is 1. The van der Waals surface area contributed by atoms with Crippen LogP contribution in [0.1, 0.15) is 40.0 Å². The van der Waals surface area contributed by atoms with E-state index in [-0.39, 0.29) is 22.6 Å². The summed E-state index contributed by atoms with van der Waals surface area (Å²) in [5.41, 5.74) is -0.0741. The first-order chi connectivity index (χ1) is 9.41. The van der Waals surface area contributed by atoms with Crippen molar-refractivity contribution >= 4 is 21.9 Å². The van der Waals surface area contributed by atoms with Gasteiger partial charge in [0.25, 0.3) is 15.9 Å². The molecule has 1 N–H and O–H groups in total. The summed E-state index contributed by atoms with van der Waals surface area (Å²) in [5.74, 6) is -1.26. The van der Waals surface area contributed by atoms with Crippen LogP contribution in [0.2, 0.25) is 0 Å². The Morgan fingerprint density at radius 2 is 2.05 bits per heavy atom. The Hall–Kier alpha value is -1.89. The second kappa shape index (κ2) is 4.31. The highest BCUT2D eigenvalue weighted by Crippen LogP contribution is 2.36. The SMILES string of the molecule is O=C(O)c1ccc2c(c1)S(=O)(=O)N(CCC1CC1)C2=O.